The molecule has 1 N–H and O–H groups in total. The predicted molar refractivity (Wildman–Crippen MR) is 102 cm³/mol. The highest BCUT2D eigenvalue weighted by Gasteiger charge is 2.52. The number of aromatic nitrogens is 2. The molecule has 1 aromatic carbocycles. The van der Waals surface area contributed by atoms with Gasteiger partial charge in [-0.1, -0.05) is 32.3 Å². The second kappa shape index (κ2) is 6.34. The van der Waals surface area contributed by atoms with Crippen molar-refractivity contribution >= 4 is 6.08 Å². The maximum absolute atomic E-state index is 13.3. The van der Waals surface area contributed by atoms with E-state index in [4.69, 9.17) is 0 Å². The van der Waals surface area contributed by atoms with E-state index in [1.807, 2.05) is 10.9 Å². The Kier molecular flexibility index (Phi) is 4.26. The highest BCUT2D eigenvalue weighted by molar-refractivity contribution is 5.62. The van der Waals surface area contributed by atoms with Gasteiger partial charge in [-0.2, -0.15) is 5.10 Å². The van der Waals surface area contributed by atoms with Crippen LogP contribution in [0.3, 0.4) is 0 Å². The van der Waals surface area contributed by atoms with Crippen LogP contribution in [-0.2, 0) is 6.42 Å². The first kappa shape index (κ1) is 17.5. The number of unbranched alkanes of at least 4 members (excludes halogenated alkanes) is 1. The fraction of sp³-hybridized carbons (Fsp3) is 0.500. The van der Waals surface area contributed by atoms with E-state index >= 15 is 0 Å². The molecule has 0 unspecified atom stereocenters. The van der Waals surface area contributed by atoms with Crippen LogP contribution in [0.2, 0.25) is 0 Å². The smallest absolute Gasteiger partial charge is 0.123 e. The Hall–Kier alpha value is -1.94. The van der Waals surface area contributed by atoms with E-state index in [1.165, 1.54) is 17.7 Å². The van der Waals surface area contributed by atoms with Gasteiger partial charge in [-0.25, -0.2) is 9.07 Å². The van der Waals surface area contributed by atoms with Gasteiger partial charge in [0.2, 0.25) is 0 Å². The maximum atomic E-state index is 13.3. The van der Waals surface area contributed by atoms with Crippen molar-refractivity contribution in [1.29, 1.82) is 0 Å². The van der Waals surface area contributed by atoms with Gasteiger partial charge >= 0.3 is 0 Å². The van der Waals surface area contributed by atoms with Crippen LogP contribution in [0.1, 0.15) is 63.6 Å². The lowest BCUT2D eigenvalue weighted by Crippen LogP contribution is -2.52. The minimum atomic E-state index is -0.636. The summed E-state index contributed by atoms with van der Waals surface area (Å²) >= 11 is 0. The number of fused-ring (bicyclic) bond motifs is 2. The molecule has 0 bridgehead atoms. The number of rotatable bonds is 4. The molecule has 1 saturated carbocycles. The molecular weight excluding hydrogens is 327 g/mol. The molecule has 0 spiro atoms. The van der Waals surface area contributed by atoms with E-state index in [9.17, 15) is 9.50 Å². The third-order valence-corrected chi connectivity index (χ3v) is 6.53. The van der Waals surface area contributed by atoms with Crippen LogP contribution in [0.5, 0.6) is 0 Å². The van der Waals surface area contributed by atoms with E-state index in [1.54, 1.807) is 12.1 Å². The average molecular weight is 354 g/mol. The zero-order chi connectivity index (χ0) is 18.4. The second-order valence-electron chi connectivity index (χ2n) is 8.11. The minimum absolute atomic E-state index is 0.218. The van der Waals surface area contributed by atoms with Crippen molar-refractivity contribution in [1.82, 2.24) is 9.78 Å². The van der Waals surface area contributed by atoms with Crippen molar-refractivity contribution in [3.05, 3.63) is 53.1 Å². The monoisotopic (exact) mass is 354 g/mol. The summed E-state index contributed by atoms with van der Waals surface area (Å²) in [7, 11) is 0. The molecule has 0 amide bonds. The summed E-state index contributed by atoms with van der Waals surface area (Å²) in [5, 5.41) is 16.1. The van der Waals surface area contributed by atoms with Crippen LogP contribution < -0.4 is 0 Å². The molecule has 0 radical (unpaired) electrons. The first-order valence-electron chi connectivity index (χ1n) is 9.73. The molecule has 1 fully saturated rings. The fourth-order valence-electron chi connectivity index (χ4n) is 4.82. The summed E-state index contributed by atoms with van der Waals surface area (Å²) in [5.74, 6) is -0.242. The van der Waals surface area contributed by atoms with Crippen molar-refractivity contribution in [2.45, 2.75) is 64.4 Å². The molecule has 138 valence electrons. The van der Waals surface area contributed by atoms with Gasteiger partial charge in [-0.3, -0.25) is 0 Å². The van der Waals surface area contributed by atoms with Gasteiger partial charge in [-0.05, 0) is 68.0 Å². The number of aliphatic hydroxyl groups is 1. The Morgan fingerprint density at radius 2 is 2.04 bits per heavy atom. The number of benzene rings is 1. The van der Waals surface area contributed by atoms with E-state index in [0.29, 0.717) is 0 Å². The molecule has 3 nitrogen and oxygen atoms in total. The normalized spacial score (nSPS) is 27.6. The van der Waals surface area contributed by atoms with Crippen LogP contribution in [0, 0.1) is 11.2 Å². The van der Waals surface area contributed by atoms with Gasteiger partial charge in [0.25, 0.3) is 0 Å². The van der Waals surface area contributed by atoms with Crippen LogP contribution in [-0.4, -0.2) is 20.5 Å². The van der Waals surface area contributed by atoms with Crippen molar-refractivity contribution in [3.8, 4) is 5.69 Å². The van der Waals surface area contributed by atoms with Gasteiger partial charge in [0, 0.05) is 5.41 Å². The van der Waals surface area contributed by atoms with Crippen molar-refractivity contribution in [2.75, 3.05) is 0 Å². The van der Waals surface area contributed by atoms with Crippen molar-refractivity contribution < 1.29 is 9.50 Å². The molecule has 4 rings (SSSR count). The highest BCUT2D eigenvalue weighted by atomic mass is 19.1. The quantitative estimate of drug-likeness (QED) is 0.833. The Balaban J connectivity index is 1.74. The van der Waals surface area contributed by atoms with Crippen LogP contribution >= 0.6 is 0 Å². The molecular formula is C22H27FN2O. The second-order valence-corrected chi connectivity index (χ2v) is 8.11. The van der Waals surface area contributed by atoms with Crippen LogP contribution in [0.4, 0.5) is 4.39 Å². The van der Waals surface area contributed by atoms with Gasteiger partial charge in [0.05, 0.1) is 23.2 Å². The Labute approximate surface area is 154 Å². The SMILES string of the molecule is CCCC[C@]1(O)CCCC2=Cc3c(cnn3-c3ccc(F)cc3)C[C@@]21C. The Morgan fingerprint density at radius 1 is 1.27 bits per heavy atom. The summed E-state index contributed by atoms with van der Waals surface area (Å²) in [6.45, 7) is 4.41. The molecule has 1 aromatic heterocycles. The summed E-state index contributed by atoms with van der Waals surface area (Å²) in [6, 6.07) is 6.45. The van der Waals surface area contributed by atoms with E-state index in [-0.39, 0.29) is 11.2 Å². The number of nitrogens with zero attached hydrogens (tertiary/aromatic N) is 2. The third kappa shape index (κ3) is 2.62. The average Bonchev–Trinajstić information content (AvgIpc) is 3.02. The first-order chi connectivity index (χ1) is 12.5. The number of halogens is 1. The lowest BCUT2D eigenvalue weighted by Gasteiger charge is -2.52. The van der Waals surface area contributed by atoms with Gasteiger partial charge in [0.15, 0.2) is 0 Å². The van der Waals surface area contributed by atoms with Crippen molar-refractivity contribution in [2.24, 2.45) is 5.41 Å². The van der Waals surface area contributed by atoms with Gasteiger partial charge in [0.1, 0.15) is 5.82 Å². The molecule has 2 aliphatic rings. The summed E-state index contributed by atoms with van der Waals surface area (Å²) in [4.78, 5) is 0. The lowest BCUT2D eigenvalue weighted by molar-refractivity contribution is -0.0858. The van der Waals surface area contributed by atoms with Crippen LogP contribution in [0.25, 0.3) is 11.8 Å². The standard InChI is InChI=1S/C22H27FN2O/c1-3-4-11-22(26)12-5-6-17-13-20-16(14-21(17,22)2)15-24-25(20)19-9-7-18(23)8-10-19/h7-10,13,15,26H,3-6,11-12,14H2,1-2H3/t21-,22-/m0/s1. The van der Waals surface area contributed by atoms with E-state index < -0.39 is 5.60 Å². The molecule has 26 heavy (non-hydrogen) atoms. The molecule has 2 aromatic rings. The van der Waals surface area contributed by atoms with Gasteiger partial charge < -0.3 is 5.11 Å². The maximum Gasteiger partial charge on any atom is 0.123 e. The lowest BCUT2D eigenvalue weighted by atomic mass is 9.56. The third-order valence-electron chi connectivity index (χ3n) is 6.53. The van der Waals surface area contributed by atoms with Crippen molar-refractivity contribution in [3.63, 3.8) is 0 Å². The topological polar surface area (TPSA) is 38.1 Å². The molecule has 2 aliphatic carbocycles. The summed E-state index contributed by atoms with van der Waals surface area (Å²) in [6.07, 6.45) is 10.9. The number of hydrogen-bond acceptors (Lipinski definition) is 2. The summed E-state index contributed by atoms with van der Waals surface area (Å²) < 4.78 is 15.1. The number of hydrogen-bond donors (Lipinski definition) is 1. The Bertz CT molecular complexity index is 838. The van der Waals surface area contributed by atoms with Crippen LogP contribution in [0.15, 0.2) is 36.0 Å². The largest absolute Gasteiger partial charge is 0.389 e. The summed E-state index contributed by atoms with van der Waals surface area (Å²) in [5.41, 5.74) is 3.58. The zero-order valence-corrected chi connectivity index (χ0v) is 15.6. The van der Waals surface area contributed by atoms with E-state index in [2.05, 4.69) is 25.0 Å². The molecule has 0 aliphatic heterocycles. The Morgan fingerprint density at radius 3 is 2.77 bits per heavy atom. The highest BCUT2D eigenvalue weighted by Crippen LogP contribution is 2.54. The fourth-order valence-corrected chi connectivity index (χ4v) is 4.82. The molecule has 0 saturated heterocycles. The zero-order valence-electron chi connectivity index (χ0n) is 15.6. The molecule has 1 heterocycles. The molecule has 4 heteroatoms. The molecule has 2 atom stereocenters. The van der Waals surface area contributed by atoms with Gasteiger partial charge in [-0.15, -0.1) is 0 Å². The van der Waals surface area contributed by atoms with E-state index in [0.717, 1.165) is 61.9 Å². The first-order valence-corrected chi connectivity index (χ1v) is 9.73. The minimum Gasteiger partial charge on any atom is -0.389 e. The predicted octanol–water partition coefficient (Wildman–Crippen LogP) is 5.06.